The van der Waals surface area contributed by atoms with E-state index in [9.17, 15) is 4.79 Å². The van der Waals surface area contributed by atoms with Crippen molar-refractivity contribution in [3.63, 3.8) is 0 Å². The average molecular weight is 760 g/mol. The standard InChI is InChI=1S/C15H18N3O2.CH3.U.V.W/c16-10-14-11-18(15(19)20-14)13-6-4-12(5-7-13)17-8-2-1-3-9-17;;;;/h1,6-7,14H,2-3,8-11,16H2;1H3;;;/q-3;-1;;;+2/t14-;;;;/m0..../s1. The molecule has 0 aliphatic carbocycles. The Balaban J connectivity index is 0. The fourth-order valence-electron chi connectivity index (χ4n) is 2.54. The van der Waals surface area contributed by atoms with Crippen molar-refractivity contribution in [1.82, 2.24) is 0 Å². The van der Waals surface area contributed by atoms with E-state index in [1.165, 1.54) is 0 Å². The largest absolute Gasteiger partial charge is 2.00 e. The van der Waals surface area contributed by atoms with Gasteiger partial charge in [0.2, 0.25) is 0 Å². The molecule has 8 heteroatoms. The number of nitrogens with two attached hydrogens (primary N) is 1. The molecule has 1 amide bonds. The smallest absolute Gasteiger partial charge is 0.444 e. The summed E-state index contributed by atoms with van der Waals surface area (Å²) in [6.45, 7) is 2.85. The first-order valence-corrected chi connectivity index (χ1v) is 6.96. The van der Waals surface area contributed by atoms with Crippen LogP contribution in [0.25, 0.3) is 0 Å². The third-order valence-corrected chi connectivity index (χ3v) is 3.68. The molecular weight excluding hydrogens is 739 g/mol. The molecule has 2 saturated heterocycles. The summed E-state index contributed by atoms with van der Waals surface area (Å²) in [6, 6.07) is 10.1. The number of hydrogen-bond donors (Lipinski definition) is 1. The molecule has 1 aromatic rings. The third-order valence-electron chi connectivity index (χ3n) is 3.68. The Morgan fingerprint density at radius 3 is 2.38 bits per heavy atom. The molecule has 2 heterocycles. The molecule has 2 aliphatic rings. The van der Waals surface area contributed by atoms with E-state index in [2.05, 4.69) is 23.5 Å². The average Bonchev–Trinajstić information content (AvgIpc) is 2.89. The number of anilines is 2. The Labute approximate surface area is 194 Å². The molecule has 5 nitrogen and oxygen atoms in total. The van der Waals surface area contributed by atoms with Crippen molar-refractivity contribution in [2.75, 3.05) is 36.0 Å². The summed E-state index contributed by atoms with van der Waals surface area (Å²) in [7, 11) is 0. The van der Waals surface area contributed by atoms with Gasteiger partial charge in [-0.3, -0.25) is 12.1 Å². The van der Waals surface area contributed by atoms with Gasteiger partial charge in [-0.05, 0) is 13.1 Å². The van der Waals surface area contributed by atoms with Crippen molar-refractivity contribution >= 4 is 17.5 Å². The van der Waals surface area contributed by atoms with Gasteiger partial charge >= 0.3 is 27.2 Å². The zero-order valence-electron chi connectivity index (χ0n) is 13.7. The second-order valence-corrected chi connectivity index (χ2v) is 5.06. The van der Waals surface area contributed by atoms with Gasteiger partial charge in [0.05, 0.1) is 0 Å². The van der Waals surface area contributed by atoms with Crippen molar-refractivity contribution in [3.05, 3.63) is 38.1 Å². The molecule has 0 spiro atoms. The zero-order chi connectivity index (χ0) is 13.9. The van der Waals surface area contributed by atoms with Crippen LogP contribution in [0, 0.1) is 57.1 Å². The van der Waals surface area contributed by atoms with Crippen molar-refractivity contribution < 1.29 is 80.3 Å². The quantitative estimate of drug-likeness (QED) is 0.479. The molecular formula is C16H21N3O2UVW-2. The second-order valence-electron chi connectivity index (χ2n) is 5.06. The van der Waals surface area contributed by atoms with Gasteiger partial charge in [-0.25, -0.2) is 10.5 Å². The van der Waals surface area contributed by atoms with E-state index in [4.69, 9.17) is 10.5 Å². The monoisotopic (exact) mass is 760 g/mol. The summed E-state index contributed by atoms with van der Waals surface area (Å²) < 4.78 is 5.14. The molecule has 24 heavy (non-hydrogen) atoms. The van der Waals surface area contributed by atoms with Crippen LogP contribution in [0.15, 0.2) is 12.1 Å². The molecule has 1 atom stereocenters. The van der Waals surface area contributed by atoms with Crippen LogP contribution < -0.4 is 15.5 Å². The summed E-state index contributed by atoms with van der Waals surface area (Å²) in [4.78, 5) is 15.6. The number of amides is 1. The Morgan fingerprint density at radius 1 is 1.29 bits per heavy atom. The molecule has 3 rings (SSSR count). The fraction of sp³-hybridized carbons (Fsp3) is 0.438. The number of carbonyl (C=O) groups excluding carboxylic acids is 1. The number of cyclic esters (lactones) is 1. The van der Waals surface area contributed by atoms with Gasteiger partial charge in [-0.1, -0.05) is 0 Å². The van der Waals surface area contributed by atoms with E-state index in [0.29, 0.717) is 13.1 Å². The normalized spacial score (nSPS) is 19.2. The van der Waals surface area contributed by atoms with Gasteiger partial charge < -0.3 is 46.3 Å². The number of nitrogens with zero attached hydrogens (tertiary/aromatic N) is 2. The summed E-state index contributed by atoms with van der Waals surface area (Å²) in [6.07, 6.45) is 3.93. The Kier molecular flexibility index (Phi) is 14.4. The summed E-state index contributed by atoms with van der Waals surface area (Å²) in [5.74, 6) is 0. The number of carbonyl (C=O) groups is 1. The molecule has 2 aliphatic heterocycles. The Morgan fingerprint density at radius 2 is 1.88 bits per heavy atom. The van der Waals surface area contributed by atoms with E-state index < -0.39 is 0 Å². The van der Waals surface area contributed by atoms with E-state index in [-0.39, 0.29) is 90.4 Å². The van der Waals surface area contributed by atoms with Gasteiger partial charge in [0, 0.05) is 62.8 Å². The molecule has 0 bridgehead atoms. The third kappa shape index (κ3) is 6.38. The van der Waals surface area contributed by atoms with Crippen molar-refractivity contribution in [1.29, 1.82) is 0 Å². The number of piperidine rings is 1. The van der Waals surface area contributed by atoms with E-state index in [0.717, 1.165) is 37.3 Å². The van der Waals surface area contributed by atoms with E-state index in [1.807, 2.05) is 12.1 Å². The van der Waals surface area contributed by atoms with E-state index in [1.54, 1.807) is 4.90 Å². The molecule has 1 radical (unpaired) electrons. The van der Waals surface area contributed by atoms with Crippen molar-refractivity contribution in [2.45, 2.75) is 18.9 Å². The predicted molar refractivity (Wildman–Crippen MR) is 82.9 cm³/mol. The topological polar surface area (TPSA) is 58.8 Å². The molecule has 0 saturated carbocycles. The van der Waals surface area contributed by atoms with Crippen LogP contribution in [0.5, 0.6) is 0 Å². The van der Waals surface area contributed by atoms with Gasteiger partial charge in [0.15, 0.2) is 0 Å². The molecule has 2 fully saturated rings. The minimum atomic E-state index is -0.345. The second kappa shape index (κ2) is 12.9. The Bertz CT molecular complexity index is 487. The number of hydrogen-bond acceptors (Lipinski definition) is 4. The fourth-order valence-corrected chi connectivity index (χ4v) is 2.54. The maximum absolute atomic E-state index is 11.7. The number of benzene rings is 1. The van der Waals surface area contributed by atoms with Gasteiger partial charge in [0.25, 0.3) is 0 Å². The van der Waals surface area contributed by atoms with E-state index >= 15 is 0 Å². The van der Waals surface area contributed by atoms with Crippen LogP contribution in [-0.2, 0) is 44.4 Å². The minimum absolute atomic E-state index is 0. The summed E-state index contributed by atoms with van der Waals surface area (Å²) >= 11 is 0. The number of rotatable bonds is 3. The van der Waals surface area contributed by atoms with Crippen LogP contribution >= 0.6 is 0 Å². The van der Waals surface area contributed by atoms with Crippen LogP contribution in [0.2, 0.25) is 0 Å². The van der Waals surface area contributed by atoms with Gasteiger partial charge in [-0.2, -0.15) is 18.5 Å². The Hall–Kier alpha value is 0.575. The van der Waals surface area contributed by atoms with Crippen LogP contribution in [0.3, 0.4) is 0 Å². The molecule has 0 unspecified atom stereocenters. The van der Waals surface area contributed by atoms with Crippen molar-refractivity contribution in [2.24, 2.45) is 5.73 Å². The molecule has 1 aromatic carbocycles. The summed E-state index contributed by atoms with van der Waals surface area (Å²) in [5.41, 5.74) is 7.25. The first-order chi connectivity index (χ1) is 9.78. The molecule has 0 aromatic heterocycles. The molecule has 2 N–H and O–H groups in total. The van der Waals surface area contributed by atoms with Gasteiger partial charge in [0.1, 0.15) is 6.10 Å². The maximum atomic E-state index is 11.7. The summed E-state index contributed by atoms with van der Waals surface area (Å²) in [5, 5.41) is 0. The maximum Gasteiger partial charge on any atom is 2.00 e. The number of ether oxygens (including phenoxy) is 1. The van der Waals surface area contributed by atoms with Crippen LogP contribution in [0.4, 0.5) is 16.2 Å². The predicted octanol–water partition coefficient (Wildman–Crippen LogP) is 1.82. The van der Waals surface area contributed by atoms with Gasteiger partial charge in [-0.15, -0.1) is 0 Å². The van der Waals surface area contributed by atoms with Crippen molar-refractivity contribution in [3.8, 4) is 0 Å². The zero-order valence-corrected chi connectivity index (χ0v) is 22.2. The SMILES string of the molecule is NC[C@H]1CN(c2c[c-]c(N3CC[CH-]CC3)[c-]c2)C(=O)O1.[CH3-].[U].[V].[W+2]. The first kappa shape index (κ1) is 26.8. The van der Waals surface area contributed by atoms with Crippen LogP contribution in [-0.4, -0.2) is 38.4 Å². The first-order valence-electron chi connectivity index (χ1n) is 6.96. The molecule has 129 valence electrons. The van der Waals surface area contributed by atoms with Crippen LogP contribution in [0.1, 0.15) is 12.8 Å². The minimum Gasteiger partial charge on any atom is -0.444 e.